The Morgan fingerprint density at radius 1 is 1.14 bits per heavy atom. The molecular weight excluding hydrogens is 282 g/mol. The van der Waals surface area contributed by atoms with Crippen LogP contribution in [-0.2, 0) is 17.7 Å². The fraction of sp³-hybridized carbons (Fsp3) is 0.389. The van der Waals surface area contributed by atoms with Crippen LogP contribution in [0.5, 0.6) is 11.5 Å². The van der Waals surface area contributed by atoms with E-state index in [1.165, 1.54) is 11.1 Å². The zero-order valence-electron chi connectivity index (χ0n) is 13.1. The first-order chi connectivity index (χ1) is 9.95. The molecule has 112 valence electrons. The predicted molar refractivity (Wildman–Crippen MR) is 88.4 cm³/mol. The van der Waals surface area contributed by atoms with Crippen molar-refractivity contribution in [1.82, 2.24) is 4.98 Å². The van der Waals surface area contributed by atoms with Gasteiger partial charge in [-0.15, -0.1) is 11.6 Å². The molecule has 0 saturated heterocycles. The lowest BCUT2D eigenvalue weighted by molar-refractivity contribution is 0.451. The number of aromatic nitrogens is 1. The Bertz CT molecular complexity index is 617. The number of ether oxygens (including phenoxy) is 1. The first-order valence-corrected chi connectivity index (χ1v) is 7.79. The van der Waals surface area contributed by atoms with Gasteiger partial charge in [0, 0.05) is 23.5 Å². The minimum Gasteiger partial charge on any atom is -0.457 e. The van der Waals surface area contributed by atoms with Gasteiger partial charge in [-0.05, 0) is 29.5 Å². The van der Waals surface area contributed by atoms with Crippen LogP contribution in [-0.4, -0.2) is 4.98 Å². The van der Waals surface area contributed by atoms with Crippen LogP contribution >= 0.6 is 11.6 Å². The highest BCUT2D eigenvalue weighted by Gasteiger charge is 2.20. The van der Waals surface area contributed by atoms with Gasteiger partial charge in [-0.3, -0.25) is 4.98 Å². The maximum absolute atomic E-state index is 6.13. The second-order valence-corrected chi connectivity index (χ2v) is 6.42. The highest BCUT2D eigenvalue weighted by molar-refractivity contribution is 6.17. The molecule has 2 rings (SSSR count). The predicted octanol–water partition coefficient (Wildman–Crippen LogP) is 5.47. The van der Waals surface area contributed by atoms with Crippen LogP contribution in [0.2, 0.25) is 0 Å². The zero-order chi connectivity index (χ0) is 15.5. The summed E-state index contributed by atoms with van der Waals surface area (Å²) in [6, 6.07) is 8.26. The van der Waals surface area contributed by atoms with Crippen LogP contribution in [0.3, 0.4) is 0 Å². The molecule has 1 aromatic heterocycles. The van der Waals surface area contributed by atoms with Gasteiger partial charge in [0.15, 0.2) is 0 Å². The van der Waals surface area contributed by atoms with Crippen molar-refractivity contribution in [2.75, 3.05) is 0 Å². The van der Waals surface area contributed by atoms with Crippen molar-refractivity contribution in [3.05, 3.63) is 53.3 Å². The number of aryl methyl sites for hydroxylation is 1. The number of hydrogen-bond donors (Lipinski definition) is 0. The third-order valence-corrected chi connectivity index (χ3v) is 3.77. The maximum atomic E-state index is 6.13. The highest BCUT2D eigenvalue weighted by atomic mass is 35.5. The third kappa shape index (κ3) is 3.76. The fourth-order valence-corrected chi connectivity index (χ4v) is 2.41. The summed E-state index contributed by atoms with van der Waals surface area (Å²) in [6.45, 7) is 8.76. The van der Waals surface area contributed by atoms with E-state index in [2.05, 4.69) is 50.9 Å². The molecule has 3 heteroatoms. The molecule has 0 aliphatic carbocycles. The third-order valence-electron chi connectivity index (χ3n) is 3.48. The number of nitrogens with zero attached hydrogens (tertiary/aromatic N) is 1. The summed E-state index contributed by atoms with van der Waals surface area (Å²) in [5.74, 6) is 2.05. The molecule has 21 heavy (non-hydrogen) atoms. The number of alkyl halides is 1. The van der Waals surface area contributed by atoms with Gasteiger partial charge in [-0.1, -0.05) is 39.8 Å². The van der Waals surface area contributed by atoms with E-state index in [0.29, 0.717) is 5.88 Å². The van der Waals surface area contributed by atoms with Crippen LogP contribution in [0.15, 0.2) is 36.7 Å². The van der Waals surface area contributed by atoms with E-state index in [9.17, 15) is 0 Å². The molecule has 2 nitrogen and oxygen atoms in total. The Morgan fingerprint density at radius 3 is 2.52 bits per heavy atom. The monoisotopic (exact) mass is 303 g/mol. The zero-order valence-corrected chi connectivity index (χ0v) is 13.9. The molecule has 0 spiro atoms. The van der Waals surface area contributed by atoms with Gasteiger partial charge in [0.25, 0.3) is 0 Å². The van der Waals surface area contributed by atoms with Gasteiger partial charge in [-0.25, -0.2) is 0 Å². The molecule has 0 radical (unpaired) electrons. The molecule has 0 saturated carbocycles. The van der Waals surface area contributed by atoms with Gasteiger partial charge in [0.05, 0.1) is 5.88 Å². The van der Waals surface area contributed by atoms with Crippen molar-refractivity contribution >= 4 is 11.6 Å². The number of halogens is 1. The molecule has 1 heterocycles. The van der Waals surface area contributed by atoms with Crippen LogP contribution < -0.4 is 4.74 Å². The lowest BCUT2D eigenvalue weighted by Gasteiger charge is -2.24. The Kier molecular flexibility index (Phi) is 4.89. The Balaban J connectivity index is 2.44. The summed E-state index contributed by atoms with van der Waals surface area (Å²) in [7, 11) is 0. The van der Waals surface area contributed by atoms with Crippen molar-refractivity contribution in [2.24, 2.45) is 0 Å². The van der Waals surface area contributed by atoms with Crippen LogP contribution in [0.4, 0.5) is 0 Å². The summed E-state index contributed by atoms with van der Waals surface area (Å²) in [5, 5.41) is 0. The molecule has 0 unspecified atom stereocenters. The van der Waals surface area contributed by atoms with Crippen molar-refractivity contribution in [2.45, 2.75) is 45.4 Å². The van der Waals surface area contributed by atoms with Crippen LogP contribution in [0, 0.1) is 0 Å². The second-order valence-electron chi connectivity index (χ2n) is 6.15. The summed E-state index contributed by atoms with van der Waals surface area (Å²) in [5.41, 5.74) is 3.45. The lowest BCUT2D eigenvalue weighted by atomic mass is 9.85. The van der Waals surface area contributed by atoms with E-state index in [1.807, 2.05) is 6.07 Å². The number of hydrogen-bond acceptors (Lipinski definition) is 2. The van der Waals surface area contributed by atoms with E-state index in [0.717, 1.165) is 23.5 Å². The molecule has 0 atom stereocenters. The average molecular weight is 304 g/mol. The molecular formula is C18H22ClNO. The molecule has 0 fully saturated rings. The van der Waals surface area contributed by atoms with Crippen molar-refractivity contribution in [1.29, 1.82) is 0 Å². The highest BCUT2D eigenvalue weighted by Crippen LogP contribution is 2.36. The largest absolute Gasteiger partial charge is 0.457 e. The summed E-state index contributed by atoms with van der Waals surface area (Å²) < 4.78 is 6.13. The van der Waals surface area contributed by atoms with Crippen LogP contribution in [0.25, 0.3) is 0 Å². The van der Waals surface area contributed by atoms with Crippen molar-refractivity contribution in [3.63, 3.8) is 0 Å². The molecule has 1 aromatic carbocycles. The van der Waals surface area contributed by atoms with Gasteiger partial charge in [0.1, 0.15) is 11.5 Å². The Hall–Kier alpha value is -1.54. The quantitative estimate of drug-likeness (QED) is 0.698. The first kappa shape index (κ1) is 15.8. The Morgan fingerprint density at radius 2 is 1.90 bits per heavy atom. The summed E-state index contributed by atoms with van der Waals surface area (Å²) >= 11 is 5.96. The van der Waals surface area contributed by atoms with Gasteiger partial charge < -0.3 is 4.74 Å². The number of benzene rings is 1. The van der Waals surface area contributed by atoms with Crippen molar-refractivity contribution < 1.29 is 4.74 Å². The normalized spacial score (nSPS) is 11.5. The van der Waals surface area contributed by atoms with Gasteiger partial charge in [0.2, 0.25) is 0 Å². The standard InChI is InChI=1S/C18H22ClNO/c1-5-13-6-7-17(15(10-13)18(2,3)4)21-16-8-9-20-12-14(16)11-19/h6-10,12H,5,11H2,1-4H3. The molecule has 0 amide bonds. The van der Waals surface area contributed by atoms with E-state index in [-0.39, 0.29) is 5.41 Å². The molecule has 0 bridgehead atoms. The average Bonchev–Trinajstić information content (AvgIpc) is 2.47. The second kappa shape index (κ2) is 6.48. The smallest absolute Gasteiger partial charge is 0.134 e. The van der Waals surface area contributed by atoms with E-state index >= 15 is 0 Å². The SMILES string of the molecule is CCc1ccc(Oc2ccncc2CCl)c(C(C)(C)C)c1. The summed E-state index contributed by atoms with van der Waals surface area (Å²) in [4.78, 5) is 4.09. The summed E-state index contributed by atoms with van der Waals surface area (Å²) in [6.07, 6.45) is 4.49. The molecule has 0 N–H and O–H groups in total. The van der Waals surface area contributed by atoms with Crippen molar-refractivity contribution in [3.8, 4) is 11.5 Å². The van der Waals surface area contributed by atoms with E-state index in [4.69, 9.17) is 16.3 Å². The van der Waals surface area contributed by atoms with Gasteiger partial charge in [-0.2, -0.15) is 0 Å². The van der Waals surface area contributed by atoms with E-state index < -0.39 is 0 Å². The first-order valence-electron chi connectivity index (χ1n) is 7.25. The molecule has 2 aromatic rings. The fourth-order valence-electron chi connectivity index (χ4n) is 2.20. The minimum absolute atomic E-state index is 0.0225. The lowest BCUT2D eigenvalue weighted by Crippen LogP contribution is -2.13. The Labute approximate surface area is 132 Å². The molecule has 0 aliphatic rings. The molecule has 0 aliphatic heterocycles. The maximum Gasteiger partial charge on any atom is 0.134 e. The number of pyridine rings is 1. The van der Waals surface area contributed by atoms with Crippen LogP contribution in [0.1, 0.15) is 44.4 Å². The topological polar surface area (TPSA) is 22.1 Å². The van der Waals surface area contributed by atoms with Gasteiger partial charge >= 0.3 is 0 Å². The number of rotatable bonds is 4. The van der Waals surface area contributed by atoms with E-state index in [1.54, 1.807) is 12.4 Å². The minimum atomic E-state index is 0.0225.